The predicted molar refractivity (Wildman–Crippen MR) is 68.8 cm³/mol. The maximum absolute atomic E-state index is 5.22. The van der Waals surface area contributed by atoms with E-state index in [1.807, 2.05) is 24.3 Å². The summed E-state index contributed by atoms with van der Waals surface area (Å²) in [6, 6.07) is 7.58. The molecular formula is C13H13BrO2. The Balaban J connectivity index is 2.41. The van der Waals surface area contributed by atoms with Crippen molar-refractivity contribution in [2.75, 3.05) is 20.3 Å². The zero-order chi connectivity index (χ0) is 11.8. The van der Waals surface area contributed by atoms with Crippen molar-refractivity contribution in [1.82, 2.24) is 0 Å². The van der Waals surface area contributed by atoms with Crippen molar-refractivity contribution in [1.29, 1.82) is 0 Å². The van der Waals surface area contributed by atoms with Crippen LogP contribution in [0.4, 0.5) is 0 Å². The lowest BCUT2D eigenvalue weighted by molar-refractivity contribution is 0.198. The summed E-state index contributed by atoms with van der Waals surface area (Å²) in [6.07, 6.45) is 0. The average Bonchev–Trinajstić information content (AvgIpc) is 2.29. The maximum Gasteiger partial charge on any atom is 0.118 e. The molecule has 1 rings (SSSR count). The van der Waals surface area contributed by atoms with Gasteiger partial charge in [-0.05, 0) is 24.3 Å². The van der Waals surface area contributed by atoms with E-state index in [1.165, 1.54) is 0 Å². The van der Waals surface area contributed by atoms with Crippen LogP contribution >= 0.6 is 15.9 Å². The largest absolute Gasteiger partial charge is 0.497 e. The summed E-state index contributed by atoms with van der Waals surface area (Å²) in [5, 5.41) is 0. The molecule has 3 heteroatoms. The topological polar surface area (TPSA) is 18.5 Å². The lowest BCUT2D eigenvalue weighted by Crippen LogP contribution is -1.93. The summed E-state index contributed by atoms with van der Waals surface area (Å²) < 4.78 is 11.1. The van der Waals surface area contributed by atoms with Gasteiger partial charge < -0.3 is 9.47 Å². The second-order valence-electron chi connectivity index (χ2n) is 3.04. The molecule has 0 aliphatic rings. The molecule has 0 heterocycles. The molecule has 1 aromatic rings. The normalized spacial score (nSPS) is 9.12. The Morgan fingerprint density at radius 3 is 2.62 bits per heavy atom. The lowest BCUT2D eigenvalue weighted by Gasteiger charge is -1.98. The number of hydrogen-bond acceptors (Lipinski definition) is 2. The zero-order valence-corrected chi connectivity index (χ0v) is 10.7. The first-order valence-corrected chi connectivity index (χ1v) is 5.55. The predicted octanol–water partition coefficient (Wildman–Crippen LogP) is 2.97. The summed E-state index contributed by atoms with van der Waals surface area (Å²) in [5.41, 5.74) is 0.946. The minimum atomic E-state index is 0.399. The smallest absolute Gasteiger partial charge is 0.118 e. The number of hydrogen-bond donors (Lipinski definition) is 0. The Kier molecular flexibility index (Phi) is 5.69. The molecule has 0 amide bonds. The van der Waals surface area contributed by atoms with Crippen LogP contribution < -0.4 is 4.74 Å². The third-order valence-electron chi connectivity index (χ3n) is 1.76. The fourth-order valence-corrected chi connectivity index (χ4v) is 1.19. The van der Waals surface area contributed by atoms with Gasteiger partial charge in [0, 0.05) is 10.0 Å². The van der Waals surface area contributed by atoms with Crippen LogP contribution in [-0.4, -0.2) is 20.3 Å². The highest BCUT2D eigenvalue weighted by molar-refractivity contribution is 9.11. The Morgan fingerprint density at radius 2 is 2.06 bits per heavy atom. The highest BCUT2D eigenvalue weighted by Crippen LogP contribution is 2.10. The zero-order valence-electron chi connectivity index (χ0n) is 9.13. The molecule has 0 unspecified atom stereocenters. The second-order valence-corrected chi connectivity index (χ2v) is 4.16. The van der Waals surface area contributed by atoms with E-state index in [0.29, 0.717) is 13.2 Å². The molecule has 0 fully saturated rings. The van der Waals surface area contributed by atoms with Gasteiger partial charge in [-0.25, -0.2) is 0 Å². The van der Waals surface area contributed by atoms with Crippen LogP contribution in [0.5, 0.6) is 5.75 Å². The number of methoxy groups -OCH3 is 1. The fraction of sp³-hybridized carbons (Fsp3) is 0.231. The first kappa shape index (κ1) is 12.8. The summed E-state index contributed by atoms with van der Waals surface area (Å²) >= 11 is 3.21. The van der Waals surface area contributed by atoms with Crippen molar-refractivity contribution in [3.8, 4) is 17.6 Å². The summed E-state index contributed by atoms with van der Waals surface area (Å²) in [4.78, 5) is 0. The maximum atomic E-state index is 5.22. The van der Waals surface area contributed by atoms with E-state index in [4.69, 9.17) is 9.47 Å². The first-order chi connectivity index (χ1) is 7.72. The third-order valence-corrected chi connectivity index (χ3v) is 1.98. The molecule has 0 aliphatic carbocycles. The van der Waals surface area contributed by atoms with Gasteiger partial charge in [0.05, 0.1) is 13.7 Å². The Hall–Kier alpha value is -1.24. The van der Waals surface area contributed by atoms with Crippen molar-refractivity contribution in [3.63, 3.8) is 0 Å². The molecule has 0 aliphatic heterocycles. The molecule has 0 spiro atoms. The van der Waals surface area contributed by atoms with Crippen molar-refractivity contribution in [3.05, 3.63) is 40.9 Å². The number of halogens is 1. The molecule has 0 N–H and O–H groups in total. The minimum Gasteiger partial charge on any atom is -0.497 e. The average molecular weight is 281 g/mol. The molecule has 16 heavy (non-hydrogen) atoms. The highest BCUT2D eigenvalue weighted by Gasteiger charge is 1.89. The Labute approximate surface area is 104 Å². The van der Waals surface area contributed by atoms with Crippen molar-refractivity contribution in [2.45, 2.75) is 0 Å². The Morgan fingerprint density at radius 1 is 1.38 bits per heavy atom. The SMILES string of the molecule is C=C(Br)COCC#Cc1ccc(OC)cc1. The minimum absolute atomic E-state index is 0.399. The summed E-state index contributed by atoms with van der Waals surface area (Å²) in [7, 11) is 1.64. The summed E-state index contributed by atoms with van der Waals surface area (Å²) in [6.45, 7) is 4.54. The quantitative estimate of drug-likeness (QED) is 0.624. The molecule has 1 aromatic carbocycles. The van der Waals surface area contributed by atoms with Gasteiger partial charge in [0.25, 0.3) is 0 Å². The van der Waals surface area contributed by atoms with E-state index in [0.717, 1.165) is 15.8 Å². The van der Waals surface area contributed by atoms with E-state index >= 15 is 0 Å². The van der Waals surface area contributed by atoms with E-state index in [9.17, 15) is 0 Å². The monoisotopic (exact) mass is 280 g/mol. The second kappa shape index (κ2) is 7.10. The van der Waals surface area contributed by atoms with Gasteiger partial charge in [0.2, 0.25) is 0 Å². The van der Waals surface area contributed by atoms with E-state index < -0.39 is 0 Å². The molecule has 84 valence electrons. The fourth-order valence-electron chi connectivity index (χ4n) is 1.03. The van der Waals surface area contributed by atoms with Gasteiger partial charge in [0.1, 0.15) is 12.4 Å². The lowest BCUT2D eigenvalue weighted by atomic mass is 10.2. The van der Waals surface area contributed by atoms with Crippen LogP contribution in [0.2, 0.25) is 0 Å². The van der Waals surface area contributed by atoms with E-state index in [1.54, 1.807) is 7.11 Å². The standard InChI is InChI=1S/C13H13BrO2/c1-11(14)10-16-9-3-4-12-5-7-13(15-2)8-6-12/h5-8H,1,9-10H2,2H3. The molecule has 0 saturated heterocycles. The molecule has 0 bridgehead atoms. The van der Waals surface area contributed by atoms with Crippen LogP contribution in [0.25, 0.3) is 0 Å². The van der Waals surface area contributed by atoms with Gasteiger partial charge in [0.15, 0.2) is 0 Å². The molecule has 0 atom stereocenters. The van der Waals surface area contributed by atoms with Crippen molar-refractivity contribution < 1.29 is 9.47 Å². The van der Waals surface area contributed by atoms with Crippen LogP contribution in [0, 0.1) is 11.8 Å². The van der Waals surface area contributed by atoms with Gasteiger partial charge >= 0.3 is 0 Å². The van der Waals surface area contributed by atoms with Crippen LogP contribution in [0.1, 0.15) is 5.56 Å². The summed E-state index contributed by atoms with van der Waals surface area (Å²) in [5.74, 6) is 6.74. The number of benzene rings is 1. The van der Waals surface area contributed by atoms with Gasteiger partial charge in [-0.3, -0.25) is 0 Å². The molecule has 0 radical (unpaired) electrons. The molecule has 0 aromatic heterocycles. The molecule has 0 saturated carbocycles. The molecular weight excluding hydrogens is 268 g/mol. The van der Waals surface area contributed by atoms with E-state index in [-0.39, 0.29) is 0 Å². The van der Waals surface area contributed by atoms with Crippen molar-refractivity contribution >= 4 is 15.9 Å². The third kappa shape index (κ3) is 5.01. The molecule has 2 nitrogen and oxygen atoms in total. The highest BCUT2D eigenvalue weighted by atomic mass is 79.9. The Bertz CT molecular complexity index is 398. The first-order valence-electron chi connectivity index (χ1n) is 4.76. The van der Waals surface area contributed by atoms with Crippen LogP contribution in [0.3, 0.4) is 0 Å². The van der Waals surface area contributed by atoms with Crippen molar-refractivity contribution in [2.24, 2.45) is 0 Å². The van der Waals surface area contributed by atoms with Gasteiger partial charge in [-0.1, -0.05) is 34.3 Å². The number of rotatable bonds is 4. The number of ether oxygens (including phenoxy) is 2. The van der Waals surface area contributed by atoms with Gasteiger partial charge in [-0.2, -0.15) is 0 Å². The van der Waals surface area contributed by atoms with Gasteiger partial charge in [-0.15, -0.1) is 0 Å². The van der Waals surface area contributed by atoms with E-state index in [2.05, 4.69) is 34.3 Å². The van der Waals surface area contributed by atoms with Crippen LogP contribution in [-0.2, 0) is 4.74 Å². The van der Waals surface area contributed by atoms with Crippen LogP contribution in [0.15, 0.2) is 35.3 Å².